The van der Waals surface area contributed by atoms with Gasteiger partial charge >= 0.3 is 0 Å². The number of nitrogens with zero attached hydrogens (tertiary/aromatic N) is 1. The van der Waals surface area contributed by atoms with Gasteiger partial charge in [-0.25, -0.2) is 0 Å². The Morgan fingerprint density at radius 2 is 1.47 bits per heavy atom. The maximum Gasteiger partial charge on any atom is 0.0715 e. The van der Waals surface area contributed by atoms with Gasteiger partial charge in [0.1, 0.15) is 0 Å². The number of rotatable bonds is 1. The van der Waals surface area contributed by atoms with Crippen molar-refractivity contribution in [2.75, 3.05) is 33.9 Å². The van der Waals surface area contributed by atoms with Crippen LogP contribution in [0.3, 0.4) is 0 Å². The van der Waals surface area contributed by atoms with Crippen molar-refractivity contribution in [2.24, 2.45) is 0 Å². The van der Waals surface area contributed by atoms with Crippen molar-refractivity contribution in [3.05, 3.63) is 29.8 Å². The van der Waals surface area contributed by atoms with Gasteiger partial charge in [-0.3, -0.25) is 0 Å². The van der Waals surface area contributed by atoms with E-state index < -0.39 is 5.97 Å². The Bertz CT molecular complexity index is 306. The summed E-state index contributed by atoms with van der Waals surface area (Å²) in [4.78, 5) is 10.2. The smallest absolute Gasteiger partial charge is 0.0715 e. The summed E-state index contributed by atoms with van der Waals surface area (Å²) in [6.07, 6.45) is 0. The molecule has 15 heavy (non-hydrogen) atoms. The van der Waals surface area contributed by atoms with E-state index >= 15 is 0 Å². The molecular formula is C11H18N2O2. The summed E-state index contributed by atoms with van der Waals surface area (Å²) in [5, 5.41) is 10.2. The molecule has 0 fully saturated rings. The molecule has 0 saturated carbocycles. The van der Waals surface area contributed by atoms with Gasteiger partial charge in [-0.1, -0.05) is 12.1 Å². The number of carbonyl (C=O) groups excluding carboxylic acids is 1. The van der Waals surface area contributed by atoms with E-state index in [2.05, 4.69) is 28.2 Å². The topological polar surface area (TPSA) is 66.2 Å². The average Bonchev–Trinajstić information content (AvgIpc) is 2.01. The van der Waals surface area contributed by atoms with Crippen molar-refractivity contribution in [1.29, 1.82) is 0 Å². The molecule has 1 rings (SSSR count). The zero-order valence-corrected chi connectivity index (χ0v) is 9.65. The highest BCUT2D eigenvalue weighted by molar-refractivity contribution is 5.86. The minimum Gasteiger partial charge on any atom is -0.545 e. The van der Waals surface area contributed by atoms with Gasteiger partial charge in [0.2, 0.25) is 0 Å². The number of carboxylic acid groups (broad SMARTS) is 1. The first-order valence-electron chi connectivity index (χ1n) is 4.56. The summed E-state index contributed by atoms with van der Waals surface area (Å²) >= 11 is 0. The highest BCUT2D eigenvalue weighted by Gasteiger charge is 1.90. The lowest BCUT2D eigenvalue weighted by Gasteiger charge is -2.14. The molecule has 0 aliphatic heterocycles. The third-order valence-corrected chi connectivity index (χ3v) is 1.15. The molecule has 0 saturated heterocycles. The summed E-state index contributed by atoms with van der Waals surface area (Å²) in [5.74, 6) is -1.18. The van der Waals surface area contributed by atoms with Crippen LogP contribution in [0.25, 0.3) is 0 Å². The van der Waals surface area contributed by atoms with Gasteiger partial charge in [0.25, 0.3) is 0 Å². The van der Waals surface area contributed by atoms with E-state index in [1.54, 1.807) is 0 Å². The highest BCUT2D eigenvalue weighted by atomic mass is 16.4. The summed E-state index contributed by atoms with van der Waals surface area (Å²) in [7, 11) is 8.50. The number of carboxylic acids is 1. The predicted octanol–water partition coefficient (Wildman–Crippen LogP) is -0.0453. The fourth-order valence-corrected chi connectivity index (χ4v) is 0.619. The molecular weight excluding hydrogens is 192 g/mol. The van der Waals surface area contributed by atoms with Crippen LogP contribution in [-0.4, -0.2) is 38.6 Å². The number of anilines is 1. The molecule has 0 aromatic heterocycles. The van der Waals surface area contributed by atoms with Crippen LogP contribution in [0, 0.1) is 0 Å². The molecule has 84 valence electrons. The Balaban J connectivity index is 0.000000336. The van der Waals surface area contributed by atoms with Crippen LogP contribution in [-0.2, 0) is 0 Å². The third kappa shape index (κ3) is 8.77. The normalized spacial score (nSPS) is 10.1. The number of aromatic carboxylic acids is 1. The van der Waals surface area contributed by atoms with Gasteiger partial charge in [-0.05, 0) is 17.7 Å². The lowest BCUT2D eigenvalue weighted by molar-refractivity contribution is -0.849. The van der Waals surface area contributed by atoms with E-state index in [1.807, 2.05) is 0 Å². The second-order valence-corrected chi connectivity index (χ2v) is 4.59. The predicted molar refractivity (Wildman–Crippen MR) is 59.1 cm³/mol. The van der Waals surface area contributed by atoms with Crippen LogP contribution >= 0.6 is 0 Å². The summed E-state index contributed by atoms with van der Waals surface area (Å²) in [5.41, 5.74) is 6.01. The van der Waals surface area contributed by atoms with E-state index in [4.69, 9.17) is 5.73 Å². The maximum absolute atomic E-state index is 10.2. The van der Waals surface area contributed by atoms with Crippen LogP contribution in [0.1, 0.15) is 10.4 Å². The number of quaternary nitrogens is 1. The van der Waals surface area contributed by atoms with Crippen molar-refractivity contribution < 1.29 is 14.4 Å². The quantitative estimate of drug-likeness (QED) is 0.522. The summed E-state index contributed by atoms with van der Waals surface area (Å²) in [6.45, 7) is 0. The Hall–Kier alpha value is -1.55. The molecule has 0 amide bonds. The zero-order valence-electron chi connectivity index (χ0n) is 9.65. The van der Waals surface area contributed by atoms with E-state index in [9.17, 15) is 9.90 Å². The third-order valence-electron chi connectivity index (χ3n) is 1.15. The number of nitrogen functional groups attached to an aromatic ring is 1. The summed E-state index contributed by atoms with van der Waals surface area (Å²) in [6, 6.07) is 5.85. The Kier molecular flexibility index (Phi) is 4.81. The summed E-state index contributed by atoms with van der Waals surface area (Å²) < 4.78 is 1.00. The van der Waals surface area contributed by atoms with Gasteiger partial charge < -0.3 is 20.1 Å². The van der Waals surface area contributed by atoms with Crippen molar-refractivity contribution in [3.8, 4) is 0 Å². The lowest BCUT2D eigenvalue weighted by Crippen LogP contribution is -2.27. The van der Waals surface area contributed by atoms with Crippen LogP contribution in [0.2, 0.25) is 0 Å². The molecule has 0 bridgehead atoms. The van der Waals surface area contributed by atoms with E-state index in [0.717, 1.165) is 4.48 Å². The molecule has 0 atom stereocenters. The molecule has 0 spiro atoms. The average molecular weight is 210 g/mol. The lowest BCUT2D eigenvalue weighted by atomic mass is 10.2. The van der Waals surface area contributed by atoms with E-state index in [1.165, 1.54) is 24.3 Å². The van der Waals surface area contributed by atoms with E-state index in [0.29, 0.717) is 5.69 Å². The standard InChI is InChI=1S/C7H7NO2.C4H12N/c8-6-3-1-5(2-4-6)7(9)10;1-5(2,3)4/h1-4H,8H2,(H,9,10);1-4H3/q;+1/p-1. The largest absolute Gasteiger partial charge is 0.545 e. The molecule has 4 heteroatoms. The number of benzene rings is 1. The minimum absolute atomic E-state index is 0.147. The fraction of sp³-hybridized carbons (Fsp3) is 0.364. The molecule has 0 aliphatic rings. The zero-order chi connectivity index (χ0) is 12.1. The first-order chi connectivity index (χ1) is 6.70. The minimum atomic E-state index is -1.18. The molecule has 0 radical (unpaired) electrons. The van der Waals surface area contributed by atoms with E-state index in [-0.39, 0.29) is 5.56 Å². The maximum atomic E-state index is 10.2. The second kappa shape index (κ2) is 5.36. The molecule has 0 heterocycles. The van der Waals surface area contributed by atoms with Crippen LogP contribution in [0.4, 0.5) is 5.69 Å². The molecule has 1 aromatic rings. The number of hydrogen-bond donors (Lipinski definition) is 1. The Morgan fingerprint density at radius 1 is 1.13 bits per heavy atom. The van der Waals surface area contributed by atoms with Gasteiger partial charge in [-0.15, -0.1) is 0 Å². The number of hydrogen-bond acceptors (Lipinski definition) is 3. The van der Waals surface area contributed by atoms with Crippen molar-refractivity contribution in [1.82, 2.24) is 0 Å². The molecule has 0 unspecified atom stereocenters. The van der Waals surface area contributed by atoms with Crippen LogP contribution in [0.15, 0.2) is 24.3 Å². The van der Waals surface area contributed by atoms with Crippen LogP contribution in [0.5, 0.6) is 0 Å². The van der Waals surface area contributed by atoms with Gasteiger partial charge in [0, 0.05) is 5.69 Å². The van der Waals surface area contributed by atoms with Gasteiger partial charge in [0.05, 0.1) is 34.2 Å². The molecule has 1 aromatic carbocycles. The second-order valence-electron chi connectivity index (χ2n) is 4.59. The van der Waals surface area contributed by atoms with Gasteiger partial charge in [0.15, 0.2) is 0 Å². The molecule has 4 nitrogen and oxygen atoms in total. The number of carbonyl (C=O) groups is 1. The first-order valence-corrected chi connectivity index (χ1v) is 4.56. The van der Waals surface area contributed by atoms with Crippen LogP contribution < -0.4 is 10.8 Å². The highest BCUT2D eigenvalue weighted by Crippen LogP contribution is 2.03. The van der Waals surface area contributed by atoms with Crippen molar-refractivity contribution in [2.45, 2.75) is 0 Å². The first kappa shape index (κ1) is 13.4. The Labute approximate surface area is 90.5 Å². The SMILES string of the molecule is C[N+](C)(C)C.Nc1ccc(C(=O)[O-])cc1. The van der Waals surface area contributed by atoms with Crippen molar-refractivity contribution >= 4 is 11.7 Å². The monoisotopic (exact) mass is 210 g/mol. The fourth-order valence-electron chi connectivity index (χ4n) is 0.619. The van der Waals surface area contributed by atoms with Crippen molar-refractivity contribution in [3.63, 3.8) is 0 Å². The molecule has 0 aliphatic carbocycles. The van der Waals surface area contributed by atoms with Gasteiger partial charge in [-0.2, -0.15) is 0 Å². The Morgan fingerprint density at radius 3 is 1.73 bits per heavy atom. The molecule has 2 N–H and O–H groups in total. The number of nitrogens with two attached hydrogens (primary N) is 1.